The molecule has 0 aromatic heterocycles. The fraction of sp³-hybridized carbons (Fsp3) is 0.667. The summed E-state index contributed by atoms with van der Waals surface area (Å²) in [5.74, 6) is -0.352. The molecule has 0 spiro atoms. The van der Waals surface area contributed by atoms with Crippen molar-refractivity contribution in [2.75, 3.05) is 13.2 Å². The molecule has 1 heterocycles. The van der Waals surface area contributed by atoms with Gasteiger partial charge in [0.2, 0.25) is 0 Å². The van der Waals surface area contributed by atoms with Crippen LogP contribution in [0.4, 0.5) is 4.79 Å². The molecule has 17 heavy (non-hydrogen) atoms. The molecule has 5 nitrogen and oxygen atoms in total. The SMILES string of the molecule is CC(=O)OC[C@H]1C=CCN1C(=O)OC(C)(C)C. The number of ether oxygens (including phenoxy) is 2. The van der Waals surface area contributed by atoms with E-state index in [1.165, 1.54) is 11.8 Å². The third-order valence-electron chi connectivity index (χ3n) is 2.15. The van der Waals surface area contributed by atoms with Crippen molar-refractivity contribution in [3.8, 4) is 0 Å². The highest BCUT2D eigenvalue weighted by Crippen LogP contribution is 2.16. The average molecular weight is 241 g/mol. The van der Waals surface area contributed by atoms with Gasteiger partial charge in [0.05, 0.1) is 6.04 Å². The van der Waals surface area contributed by atoms with Gasteiger partial charge >= 0.3 is 12.1 Å². The van der Waals surface area contributed by atoms with Gasteiger partial charge in [-0.2, -0.15) is 0 Å². The predicted octanol–water partition coefficient (Wildman–Crippen LogP) is 1.72. The zero-order chi connectivity index (χ0) is 13.1. The monoisotopic (exact) mass is 241 g/mol. The maximum Gasteiger partial charge on any atom is 0.411 e. The Bertz CT molecular complexity index is 330. The van der Waals surface area contributed by atoms with E-state index in [-0.39, 0.29) is 24.7 Å². The first-order valence-electron chi connectivity index (χ1n) is 5.59. The molecule has 0 unspecified atom stereocenters. The second kappa shape index (κ2) is 5.21. The van der Waals surface area contributed by atoms with E-state index in [9.17, 15) is 9.59 Å². The Morgan fingerprint density at radius 2 is 2.06 bits per heavy atom. The van der Waals surface area contributed by atoms with Gasteiger partial charge in [0, 0.05) is 13.5 Å². The minimum atomic E-state index is -0.522. The fourth-order valence-corrected chi connectivity index (χ4v) is 1.45. The highest BCUT2D eigenvalue weighted by Gasteiger charge is 2.29. The molecule has 0 fully saturated rings. The first-order valence-corrected chi connectivity index (χ1v) is 5.59. The van der Waals surface area contributed by atoms with Crippen LogP contribution in [-0.2, 0) is 14.3 Å². The van der Waals surface area contributed by atoms with E-state index in [1.54, 1.807) is 0 Å². The summed E-state index contributed by atoms with van der Waals surface area (Å²) in [7, 11) is 0. The van der Waals surface area contributed by atoms with Crippen LogP contribution in [-0.4, -0.2) is 41.8 Å². The molecule has 1 amide bonds. The van der Waals surface area contributed by atoms with E-state index in [4.69, 9.17) is 9.47 Å². The number of carbonyl (C=O) groups is 2. The van der Waals surface area contributed by atoms with Gasteiger partial charge in [-0.05, 0) is 20.8 Å². The summed E-state index contributed by atoms with van der Waals surface area (Å²) in [4.78, 5) is 24.1. The van der Waals surface area contributed by atoms with E-state index >= 15 is 0 Å². The summed E-state index contributed by atoms with van der Waals surface area (Å²) in [5, 5.41) is 0. The molecule has 0 aliphatic carbocycles. The Hall–Kier alpha value is -1.52. The second-order valence-electron chi connectivity index (χ2n) is 4.93. The molecule has 0 aromatic carbocycles. The molecule has 0 bridgehead atoms. The molecule has 1 atom stereocenters. The Morgan fingerprint density at radius 1 is 1.41 bits per heavy atom. The Kier molecular flexibility index (Phi) is 4.15. The van der Waals surface area contributed by atoms with Crippen LogP contribution in [0.2, 0.25) is 0 Å². The van der Waals surface area contributed by atoms with Crippen LogP contribution < -0.4 is 0 Å². The lowest BCUT2D eigenvalue weighted by Gasteiger charge is -2.28. The number of amides is 1. The molecule has 0 aromatic rings. The summed E-state index contributed by atoms with van der Waals surface area (Å²) in [5.41, 5.74) is -0.522. The molecule has 0 saturated carbocycles. The first kappa shape index (κ1) is 13.5. The van der Waals surface area contributed by atoms with Gasteiger partial charge in [-0.15, -0.1) is 0 Å². The topological polar surface area (TPSA) is 55.8 Å². The van der Waals surface area contributed by atoms with Crippen LogP contribution in [0.5, 0.6) is 0 Å². The maximum absolute atomic E-state index is 11.8. The normalized spacial score (nSPS) is 19.3. The molecule has 5 heteroatoms. The molecule has 1 rings (SSSR count). The minimum Gasteiger partial charge on any atom is -0.463 e. The number of rotatable bonds is 2. The zero-order valence-electron chi connectivity index (χ0n) is 10.7. The van der Waals surface area contributed by atoms with Gasteiger partial charge in [-0.1, -0.05) is 12.2 Å². The molecule has 1 aliphatic heterocycles. The van der Waals surface area contributed by atoms with Crippen molar-refractivity contribution >= 4 is 12.1 Å². The van der Waals surface area contributed by atoms with Gasteiger partial charge < -0.3 is 9.47 Å². The van der Waals surface area contributed by atoms with Crippen molar-refractivity contribution in [1.82, 2.24) is 4.90 Å². The Balaban J connectivity index is 2.52. The standard InChI is InChI=1S/C12H19NO4/c1-9(14)16-8-10-6-5-7-13(10)11(15)17-12(2,3)4/h5-6,10H,7-8H2,1-4H3/t10-/m1/s1. The van der Waals surface area contributed by atoms with Crippen LogP contribution in [0.3, 0.4) is 0 Å². The summed E-state index contributed by atoms with van der Waals surface area (Å²) in [6.45, 7) is 7.45. The van der Waals surface area contributed by atoms with Crippen LogP contribution >= 0.6 is 0 Å². The van der Waals surface area contributed by atoms with Gasteiger partial charge in [-0.3, -0.25) is 9.69 Å². The van der Waals surface area contributed by atoms with Crippen LogP contribution in [0.15, 0.2) is 12.2 Å². The van der Waals surface area contributed by atoms with Crippen LogP contribution in [0.1, 0.15) is 27.7 Å². The Labute approximate surface area is 101 Å². The highest BCUT2D eigenvalue weighted by atomic mass is 16.6. The molecule has 1 aliphatic rings. The molecule has 0 N–H and O–H groups in total. The third kappa shape index (κ3) is 4.46. The van der Waals surface area contributed by atoms with E-state index in [0.717, 1.165) is 0 Å². The molecule has 96 valence electrons. The third-order valence-corrected chi connectivity index (χ3v) is 2.15. The van der Waals surface area contributed by atoms with Crippen molar-refractivity contribution in [3.05, 3.63) is 12.2 Å². The van der Waals surface area contributed by atoms with E-state index in [0.29, 0.717) is 6.54 Å². The number of esters is 1. The van der Waals surface area contributed by atoms with Gasteiger partial charge in [-0.25, -0.2) is 4.79 Å². The number of hydrogen-bond donors (Lipinski definition) is 0. The summed E-state index contributed by atoms with van der Waals surface area (Å²) in [6.07, 6.45) is 3.31. The van der Waals surface area contributed by atoms with Crippen molar-refractivity contribution in [1.29, 1.82) is 0 Å². The average Bonchev–Trinajstić information content (AvgIpc) is 2.59. The van der Waals surface area contributed by atoms with Crippen molar-refractivity contribution in [2.45, 2.75) is 39.3 Å². The van der Waals surface area contributed by atoms with Gasteiger partial charge in [0.1, 0.15) is 12.2 Å². The summed E-state index contributed by atoms with van der Waals surface area (Å²) >= 11 is 0. The van der Waals surface area contributed by atoms with E-state index in [1.807, 2.05) is 32.9 Å². The smallest absolute Gasteiger partial charge is 0.411 e. The molecular formula is C12H19NO4. The van der Waals surface area contributed by atoms with Crippen LogP contribution in [0, 0.1) is 0 Å². The minimum absolute atomic E-state index is 0.172. The van der Waals surface area contributed by atoms with Crippen molar-refractivity contribution in [2.24, 2.45) is 0 Å². The number of hydrogen-bond acceptors (Lipinski definition) is 4. The lowest BCUT2D eigenvalue weighted by molar-refractivity contribution is -0.142. The van der Waals surface area contributed by atoms with Crippen LogP contribution in [0.25, 0.3) is 0 Å². The first-order chi connectivity index (χ1) is 7.79. The zero-order valence-corrected chi connectivity index (χ0v) is 10.7. The lowest BCUT2D eigenvalue weighted by atomic mass is 10.2. The fourth-order valence-electron chi connectivity index (χ4n) is 1.45. The lowest BCUT2D eigenvalue weighted by Crippen LogP contribution is -2.42. The predicted molar refractivity (Wildman–Crippen MR) is 62.5 cm³/mol. The second-order valence-corrected chi connectivity index (χ2v) is 4.93. The van der Waals surface area contributed by atoms with Gasteiger partial charge in [0.15, 0.2) is 0 Å². The Morgan fingerprint density at radius 3 is 2.59 bits per heavy atom. The number of nitrogens with zero attached hydrogens (tertiary/aromatic N) is 1. The van der Waals surface area contributed by atoms with Gasteiger partial charge in [0.25, 0.3) is 0 Å². The largest absolute Gasteiger partial charge is 0.463 e. The molecule has 0 saturated heterocycles. The number of carbonyl (C=O) groups excluding carboxylic acids is 2. The van der Waals surface area contributed by atoms with E-state index < -0.39 is 5.60 Å². The summed E-state index contributed by atoms with van der Waals surface area (Å²) < 4.78 is 10.2. The summed E-state index contributed by atoms with van der Waals surface area (Å²) in [6, 6.07) is -0.228. The van der Waals surface area contributed by atoms with Crippen molar-refractivity contribution < 1.29 is 19.1 Å². The highest BCUT2D eigenvalue weighted by molar-refractivity contribution is 5.70. The molecular weight excluding hydrogens is 222 g/mol. The van der Waals surface area contributed by atoms with E-state index in [2.05, 4.69) is 0 Å². The maximum atomic E-state index is 11.8. The van der Waals surface area contributed by atoms with Crippen molar-refractivity contribution in [3.63, 3.8) is 0 Å². The quantitative estimate of drug-likeness (QED) is 0.545. The molecule has 0 radical (unpaired) electrons.